The first kappa shape index (κ1) is 11.0. The highest BCUT2D eigenvalue weighted by Crippen LogP contribution is 2.61. The van der Waals surface area contributed by atoms with Crippen molar-refractivity contribution in [2.24, 2.45) is 11.3 Å². The molecule has 0 bridgehead atoms. The third kappa shape index (κ3) is 2.68. The summed E-state index contributed by atoms with van der Waals surface area (Å²) in [5, 5.41) is 0. The summed E-state index contributed by atoms with van der Waals surface area (Å²) in [7, 11) is 0. The molecule has 1 saturated carbocycles. The first-order valence-corrected chi connectivity index (χ1v) is 6.75. The highest BCUT2D eigenvalue weighted by Gasteiger charge is 2.53. The highest BCUT2D eigenvalue weighted by molar-refractivity contribution is 9.40. The van der Waals surface area contributed by atoms with Crippen LogP contribution in [0.4, 0.5) is 0 Å². The van der Waals surface area contributed by atoms with E-state index in [-0.39, 0.29) is 2.14 Å². The lowest BCUT2D eigenvalue weighted by atomic mass is 10.1. The second-order valence-corrected chi connectivity index (χ2v) is 11.7. The van der Waals surface area contributed by atoms with Crippen LogP contribution in [-0.4, -0.2) is 6.97 Å². The van der Waals surface area contributed by atoms with Crippen LogP contribution in [-0.2, 0) is 0 Å². The fourth-order valence-corrected chi connectivity index (χ4v) is 3.10. The molecule has 0 nitrogen and oxygen atoms in total. The van der Waals surface area contributed by atoms with Gasteiger partial charge < -0.3 is 0 Å². The van der Waals surface area contributed by atoms with Gasteiger partial charge in [0.25, 0.3) is 0 Å². The van der Waals surface area contributed by atoms with Gasteiger partial charge in [0.05, 0.1) is 4.83 Å². The Hall–Kier alpha value is 1.92. The maximum Gasteiger partial charge on any atom is 0.147 e. The van der Waals surface area contributed by atoms with Crippen molar-refractivity contribution in [2.45, 2.75) is 27.2 Å². The van der Waals surface area contributed by atoms with Crippen LogP contribution in [0.15, 0.2) is 0 Å². The summed E-state index contributed by atoms with van der Waals surface area (Å²) in [6, 6.07) is 0. The molecule has 0 amide bonds. The first-order chi connectivity index (χ1) is 4.75. The quantitative estimate of drug-likeness (QED) is 0.550. The minimum Gasteiger partial charge on any atom is -0.0853 e. The fourth-order valence-electron chi connectivity index (χ4n) is 1.24. The van der Waals surface area contributed by atoms with Crippen molar-refractivity contribution in [3.63, 3.8) is 0 Å². The average molecular weight is 414 g/mol. The zero-order valence-corrected chi connectivity index (χ0v) is 12.7. The Balaban J connectivity index is 2.52. The van der Waals surface area contributed by atoms with Crippen molar-refractivity contribution in [3.05, 3.63) is 0 Å². The maximum absolute atomic E-state index is 3.66. The van der Waals surface area contributed by atoms with E-state index in [1.807, 2.05) is 0 Å². The molecule has 1 aliphatic carbocycles. The molecule has 0 aromatic carbocycles. The molecule has 0 N–H and O–H groups in total. The number of hydrogen-bond acceptors (Lipinski definition) is 0. The van der Waals surface area contributed by atoms with E-state index in [1.54, 1.807) is 0 Å². The Kier molecular flexibility index (Phi) is 3.25. The first-order valence-electron chi connectivity index (χ1n) is 3.46. The van der Waals surface area contributed by atoms with Gasteiger partial charge in [0.15, 0.2) is 0 Å². The Labute approximate surface area is 101 Å². The van der Waals surface area contributed by atoms with Crippen molar-refractivity contribution in [1.82, 2.24) is 0 Å². The molecule has 1 rings (SSSR count). The lowest BCUT2D eigenvalue weighted by Crippen LogP contribution is -2.21. The zero-order valence-electron chi connectivity index (χ0n) is 6.37. The van der Waals surface area contributed by atoms with E-state index in [0.29, 0.717) is 10.2 Å². The second kappa shape index (κ2) is 3.25. The van der Waals surface area contributed by atoms with Crippen LogP contribution in [0.25, 0.3) is 0 Å². The Bertz CT molecular complexity index is 158. The number of hydrogen-bond donors (Lipinski definition) is 0. The van der Waals surface area contributed by atoms with Gasteiger partial charge in [-0.3, -0.25) is 0 Å². The molecular weight excluding hydrogens is 404 g/mol. The number of alkyl halides is 4. The highest BCUT2D eigenvalue weighted by atomic mass is 80.0. The van der Waals surface area contributed by atoms with Gasteiger partial charge in [0, 0.05) is 0 Å². The van der Waals surface area contributed by atoms with E-state index >= 15 is 0 Å². The van der Waals surface area contributed by atoms with Gasteiger partial charge in [0.2, 0.25) is 0 Å². The SMILES string of the molecule is CC1(C)CC1C(Br)C(Br)(Br)Br. The van der Waals surface area contributed by atoms with E-state index in [0.717, 1.165) is 5.92 Å². The number of rotatable bonds is 1. The largest absolute Gasteiger partial charge is 0.147 e. The van der Waals surface area contributed by atoms with Crippen LogP contribution in [0, 0.1) is 11.3 Å². The monoisotopic (exact) mass is 410 g/mol. The molecule has 1 fully saturated rings. The Morgan fingerprint density at radius 3 is 1.82 bits per heavy atom. The normalized spacial score (nSPS) is 31.6. The van der Waals surface area contributed by atoms with E-state index in [4.69, 9.17) is 0 Å². The fraction of sp³-hybridized carbons (Fsp3) is 1.00. The number of halogens is 4. The van der Waals surface area contributed by atoms with Crippen LogP contribution in [0.3, 0.4) is 0 Å². The van der Waals surface area contributed by atoms with E-state index in [9.17, 15) is 0 Å². The molecule has 11 heavy (non-hydrogen) atoms. The third-order valence-electron chi connectivity index (χ3n) is 2.26. The molecule has 0 saturated heterocycles. The van der Waals surface area contributed by atoms with E-state index in [1.165, 1.54) is 6.42 Å². The van der Waals surface area contributed by atoms with Crippen LogP contribution < -0.4 is 0 Å². The van der Waals surface area contributed by atoms with Gasteiger partial charge in [-0.1, -0.05) is 77.6 Å². The molecule has 0 spiro atoms. The van der Waals surface area contributed by atoms with Crippen molar-refractivity contribution in [1.29, 1.82) is 0 Å². The van der Waals surface area contributed by atoms with Gasteiger partial charge in [-0.2, -0.15) is 0 Å². The summed E-state index contributed by atoms with van der Waals surface area (Å²) in [6.07, 6.45) is 1.30. The summed E-state index contributed by atoms with van der Waals surface area (Å²) in [5.74, 6) is 0.751. The standard InChI is InChI=1S/C7H10Br4/c1-6(2)3-4(6)5(8)7(9,10)11/h4-5H,3H2,1-2H3. The molecule has 66 valence electrons. The van der Waals surface area contributed by atoms with Crippen molar-refractivity contribution < 1.29 is 0 Å². The molecule has 4 heteroatoms. The Morgan fingerprint density at radius 2 is 1.73 bits per heavy atom. The topological polar surface area (TPSA) is 0 Å². The third-order valence-corrected chi connectivity index (χ3v) is 6.90. The summed E-state index contributed by atoms with van der Waals surface area (Å²) >= 11 is 14.2. The predicted molar refractivity (Wildman–Crippen MR) is 64.1 cm³/mol. The average Bonchev–Trinajstić information content (AvgIpc) is 2.36. The van der Waals surface area contributed by atoms with Crippen LogP contribution in [0.1, 0.15) is 20.3 Å². The van der Waals surface area contributed by atoms with E-state index in [2.05, 4.69) is 77.6 Å². The zero-order chi connectivity index (χ0) is 8.86. The minimum absolute atomic E-state index is 0.147. The summed E-state index contributed by atoms with van der Waals surface area (Å²) in [6.45, 7) is 4.59. The summed E-state index contributed by atoms with van der Waals surface area (Å²) in [4.78, 5) is 0.435. The molecule has 2 atom stereocenters. The van der Waals surface area contributed by atoms with Gasteiger partial charge in [-0.25, -0.2) is 0 Å². The van der Waals surface area contributed by atoms with Crippen molar-refractivity contribution in [3.8, 4) is 0 Å². The van der Waals surface area contributed by atoms with Gasteiger partial charge in [-0.15, -0.1) is 0 Å². The molecule has 1 aliphatic rings. The molecule has 0 aliphatic heterocycles. The van der Waals surface area contributed by atoms with Crippen molar-refractivity contribution >= 4 is 63.7 Å². The molecular formula is C7H10Br4. The summed E-state index contributed by atoms with van der Waals surface area (Å²) < 4.78 is -0.147. The van der Waals surface area contributed by atoms with Crippen LogP contribution in [0.5, 0.6) is 0 Å². The molecule has 0 aromatic rings. The maximum atomic E-state index is 3.66. The molecule has 0 heterocycles. The van der Waals surface area contributed by atoms with E-state index < -0.39 is 0 Å². The van der Waals surface area contributed by atoms with Gasteiger partial charge in [-0.05, 0) is 17.8 Å². The second-order valence-electron chi connectivity index (χ2n) is 3.74. The summed E-state index contributed by atoms with van der Waals surface area (Å²) in [5.41, 5.74) is 0.509. The minimum atomic E-state index is -0.147. The van der Waals surface area contributed by atoms with Crippen LogP contribution in [0.2, 0.25) is 0 Å². The lowest BCUT2D eigenvalue weighted by molar-refractivity contribution is 0.556. The molecule has 2 unspecified atom stereocenters. The van der Waals surface area contributed by atoms with Gasteiger partial charge >= 0.3 is 0 Å². The lowest BCUT2D eigenvalue weighted by Gasteiger charge is -2.20. The molecule has 0 radical (unpaired) electrons. The molecule has 0 aromatic heterocycles. The smallest absolute Gasteiger partial charge is 0.0853 e. The van der Waals surface area contributed by atoms with Gasteiger partial charge in [0.1, 0.15) is 2.14 Å². The Morgan fingerprint density at radius 1 is 1.36 bits per heavy atom. The predicted octanol–water partition coefficient (Wildman–Crippen LogP) is 4.63. The van der Waals surface area contributed by atoms with Crippen LogP contribution >= 0.6 is 63.7 Å². The van der Waals surface area contributed by atoms with Crippen molar-refractivity contribution in [2.75, 3.05) is 0 Å².